The Morgan fingerprint density at radius 3 is 1.94 bits per heavy atom. The monoisotopic (exact) mass is 465 g/mol. The summed E-state index contributed by atoms with van der Waals surface area (Å²) in [5.41, 5.74) is -0.754. The molecule has 1 saturated heterocycles. The van der Waals surface area contributed by atoms with Crippen LogP contribution in [0.3, 0.4) is 0 Å². The smallest absolute Gasteiger partial charge is 0.347 e. The Labute approximate surface area is 189 Å². The quantitative estimate of drug-likeness (QED) is 0.301. The minimum absolute atomic E-state index is 0.267. The van der Waals surface area contributed by atoms with E-state index in [0.717, 1.165) is 31.0 Å². The van der Waals surface area contributed by atoms with Crippen molar-refractivity contribution in [1.82, 2.24) is 0 Å². The summed E-state index contributed by atoms with van der Waals surface area (Å²) in [6, 6.07) is 18.3. The molecule has 1 aliphatic heterocycles. The molecule has 0 saturated carbocycles. The van der Waals surface area contributed by atoms with E-state index >= 15 is 0 Å². The van der Waals surface area contributed by atoms with Crippen molar-refractivity contribution in [3.8, 4) is 0 Å². The Morgan fingerprint density at radius 2 is 1.53 bits per heavy atom. The van der Waals surface area contributed by atoms with E-state index in [1.54, 1.807) is 24.3 Å². The molecule has 3 rings (SSSR count). The van der Waals surface area contributed by atoms with Crippen molar-refractivity contribution in [3.05, 3.63) is 71.8 Å². The van der Waals surface area contributed by atoms with Crippen molar-refractivity contribution in [2.24, 2.45) is 0 Å². The number of likely N-dealkylation sites (tertiary alicyclic amines) is 1. The van der Waals surface area contributed by atoms with E-state index < -0.39 is 22.0 Å². The Kier molecular flexibility index (Phi) is 8.94. The third kappa shape index (κ3) is 6.85. The van der Waals surface area contributed by atoms with Crippen LogP contribution in [0.1, 0.15) is 30.4 Å². The van der Waals surface area contributed by atoms with Crippen LogP contribution >= 0.6 is 0 Å². The number of likely N-dealkylation sites (N-methyl/N-ethyl adjacent to an activating group) is 1. The molecule has 9 heteroatoms. The van der Waals surface area contributed by atoms with Gasteiger partial charge in [-0.3, -0.25) is 4.18 Å². The summed E-state index contributed by atoms with van der Waals surface area (Å²) in [6.07, 6.45) is 3.40. The first-order valence-electron chi connectivity index (χ1n) is 10.4. The summed E-state index contributed by atoms with van der Waals surface area (Å²) in [5, 5.41) is 11.4. The highest BCUT2D eigenvalue weighted by atomic mass is 32.3. The number of piperidine rings is 1. The lowest BCUT2D eigenvalue weighted by Crippen LogP contribution is -2.54. The van der Waals surface area contributed by atoms with Crippen molar-refractivity contribution in [3.63, 3.8) is 0 Å². The molecule has 1 fully saturated rings. The number of nitrogens with zero attached hydrogens (tertiary/aromatic N) is 1. The predicted molar refractivity (Wildman–Crippen MR) is 118 cm³/mol. The van der Waals surface area contributed by atoms with E-state index in [2.05, 4.69) is 18.3 Å². The zero-order chi connectivity index (χ0) is 23.8. The standard InChI is InChI=1S/C22H28NO3.CH4O4S/c1-23(2)16-10-9-15-20(23)17-26-21(24)22(25,18-11-5-3-6-12-18)19-13-7-4-8-14-19;1-5-6(2,3)4/h3-8,11-14,20,25H,9-10,15-17H2,1-2H3;1H3,(H,2,3,4)/q+1;/p-1/t20-;/m0./s1. The Bertz CT molecular complexity index is 923. The first kappa shape index (κ1) is 26.0. The van der Waals surface area contributed by atoms with Gasteiger partial charge >= 0.3 is 5.97 Å². The lowest BCUT2D eigenvalue weighted by atomic mass is 9.86. The number of carbonyl (C=O) groups is 1. The van der Waals surface area contributed by atoms with Crippen LogP contribution in [0.25, 0.3) is 0 Å². The second kappa shape index (κ2) is 11.0. The largest absolute Gasteiger partial charge is 0.726 e. The molecule has 0 amide bonds. The second-order valence-electron chi connectivity index (χ2n) is 8.27. The average Bonchev–Trinajstić information content (AvgIpc) is 2.78. The van der Waals surface area contributed by atoms with Gasteiger partial charge in [0, 0.05) is 6.42 Å². The topological polar surface area (TPSA) is 113 Å². The molecule has 32 heavy (non-hydrogen) atoms. The summed E-state index contributed by atoms with van der Waals surface area (Å²) >= 11 is 0. The number of quaternary nitrogens is 1. The predicted octanol–water partition coefficient (Wildman–Crippen LogP) is 2.19. The summed E-state index contributed by atoms with van der Waals surface area (Å²) in [5.74, 6) is -0.611. The molecule has 0 aromatic heterocycles. The SMILES string of the molecule is COS(=O)(=O)[O-].C[N+]1(C)CCCC[C@H]1COC(=O)C(O)(c1ccccc1)c1ccccc1. The molecule has 1 atom stereocenters. The van der Waals surface area contributed by atoms with Crippen molar-refractivity contribution in [2.45, 2.75) is 30.9 Å². The third-order valence-electron chi connectivity index (χ3n) is 5.80. The normalized spacial score (nSPS) is 18.2. The molecule has 0 unspecified atom stereocenters. The van der Waals surface area contributed by atoms with E-state index in [1.165, 1.54) is 6.42 Å². The minimum Gasteiger partial charge on any atom is -0.726 e. The van der Waals surface area contributed by atoms with Gasteiger partial charge in [0.15, 0.2) is 0 Å². The number of hydrogen-bond donors (Lipinski definition) is 1. The number of ether oxygens (including phenoxy) is 1. The Hall–Kier alpha value is -2.30. The lowest BCUT2D eigenvalue weighted by molar-refractivity contribution is -0.920. The van der Waals surface area contributed by atoms with Crippen LogP contribution in [-0.4, -0.2) is 68.9 Å². The first-order chi connectivity index (χ1) is 15.0. The molecule has 8 nitrogen and oxygen atoms in total. The number of carbonyl (C=O) groups excluding carboxylic acids is 1. The fourth-order valence-electron chi connectivity index (χ4n) is 3.75. The van der Waals surface area contributed by atoms with Crippen molar-refractivity contribution >= 4 is 16.4 Å². The summed E-state index contributed by atoms with van der Waals surface area (Å²) in [7, 11) is 0.753. The number of rotatable bonds is 6. The summed E-state index contributed by atoms with van der Waals surface area (Å²) in [6.45, 7) is 1.41. The fraction of sp³-hybridized carbons (Fsp3) is 0.435. The number of esters is 1. The zero-order valence-corrected chi connectivity index (χ0v) is 19.5. The van der Waals surface area contributed by atoms with Crippen LogP contribution in [0.4, 0.5) is 0 Å². The Balaban J connectivity index is 0.000000534. The van der Waals surface area contributed by atoms with E-state index in [-0.39, 0.29) is 6.04 Å². The number of benzene rings is 2. The minimum atomic E-state index is -4.41. The molecule has 2 aromatic rings. The zero-order valence-electron chi connectivity index (χ0n) is 18.6. The molecule has 2 aromatic carbocycles. The molecule has 0 bridgehead atoms. The molecular weight excluding hydrogens is 434 g/mol. The third-order valence-corrected chi connectivity index (χ3v) is 6.21. The highest BCUT2D eigenvalue weighted by Crippen LogP contribution is 2.31. The molecule has 1 heterocycles. The van der Waals surface area contributed by atoms with E-state index in [0.29, 0.717) is 17.7 Å². The molecule has 0 aliphatic carbocycles. The van der Waals surface area contributed by atoms with Crippen LogP contribution in [0, 0.1) is 0 Å². The van der Waals surface area contributed by atoms with E-state index in [1.807, 2.05) is 36.4 Å². The summed E-state index contributed by atoms with van der Waals surface area (Å²) < 4.78 is 37.6. The number of aliphatic hydroxyl groups is 1. The van der Waals surface area contributed by atoms with Crippen molar-refractivity contribution < 1.29 is 36.3 Å². The van der Waals surface area contributed by atoms with Gasteiger partial charge in [-0.15, -0.1) is 0 Å². The molecule has 0 spiro atoms. The molecule has 176 valence electrons. The Morgan fingerprint density at radius 1 is 1.06 bits per heavy atom. The average molecular weight is 466 g/mol. The molecule has 0 radical (unpaired) electrons. The number of hydrogen-bond acceptors (Lipinski definition) is 7. The van der Waals surface area contributed by atoms with Crippen LogP contribution in [-0.2, 0) is 29.7 Å². The van der Waals surface area contributed by atoms with Gasteiger partial charge in [-0.25, -0.2) is 13.2 Å². The lowest BCUT2D eigenvalue weighted by Gasteiger charge is -2.41. The van der Waals surface area contributed by atoms with Gasteiger partial charge in [-0.05, 0) is 24.0 Å². The maximum atomic E-state index is 13.0. The second-order valence-corrected chi connectivity index (χ2v) is 9.42. The first-order valence-corrected chi connectivity index (χ1v) is 11.7. The van der Waals surface area contributed by atoms with E-state index in [4.69, 9.17) is 4.74 Å². The molecule has 1 N–H and O–H groups in total. The molecular formula is C23H31NO7S. The van der Waals surface area contributed by atoms with Crippen LogP contribution < -0.4 is 0 Å². The van der Waals surface area contributed by atoms with Gasteiger partial charge in [0.2, 0.25) is 16.0 Å². The van der Waals surface area contributed by atoms with Crippen molar-refractivity contribution in [2.75, 3.05) is 34.4 Å². The van der Waals surface area contributed by atoms with Crippen LogP contribution in [0.5, 0.6) is 0 Å². The molecule has 1 aliphatic rings. The van der Waals surface area contributed by atoms with Crippen molar-refractivity contribution in [1.29, 1.82) is 0 Å². The van der Waals surface area contributed by atoms with Crippen LogP contribution in [0.15, 0.2) is 60.7 Å². The van der Waals surface area contributed by atoms with Gasteiger partial charge in [-0.2, -0.15) is 0 Å². The van der Waals surface area contributed by atoms with Gasteiger partial charge in [0.05, 0.1) is 27.7 Å². The van der Waals surface area contributed by atoms with Gasteiger partial charge in [0.25, 0.3) is 0 Å². The van der Waals surface area contributed by atoms with Crippen LogP contribution in [0.2, 0.25) is 0 Å². The highest BCUT2D eigenvalue weighted by Gasteiger charge is 2.43. The maximum Gasteiger partial charge on any atom is 0.347 e. The highest BCUT2D eigenvalue weighted by molar-refractivity contribution is 7.80. The maximum absolute atomic E-state index is 13.0. The summed E-state index contributed by atoms with van der Waals surface area (Å²) in [4.78, 5) is 13.0. The van der Waals surface area contributed by atoms with E-state index in [9.17, 15) is 22.9 Å². The fourth-order valence-corrected chi connectivity index (χ4v) is 3.75. The van der Waals surface area contributed by atoms with Gasteiger partial charge in [-0.1, -0.05) is 60.7 Å². The van der Waals surface area contributed by atoms with Gasteiger partial charge < -0.3 is 18.9 Å². The van der Waals surface area contributed by atoms with Gasteiger partial charge in [0.1, 0.15) is 12.6 Å².